The predicted octanol–water partition coefficient (Wildman–Crippen LogP) is 2.23. The molecule has 0 aliphatic carbocycles. The third-order valence-electron chi connectivity index (χ3n) is 3.40. The molecule has 1 saturated heterocycles. The highest BCUT2D eigenvalue weighted by molar-refractivity contribution is 7.99. The number of carboxylic acid groups (broad SMARTS) is 1. The second kappa shape index (κ2) is 6.95. The lowest BCUT2D eigenvalue weighted by Crippen LogP contribution is -2.43. The molecule has 1 atom stereocenters. The Morgan fingerprint density at radius 1 is 1.60 bits per heavy atom. The Balaban J connectivity index is 2.12. The lowest BCUT2D eigenvalue weighted by atomic mass is 10.1. The number of rotatable bonds is 5. The van der Waals surface area contributed by atoms with Crippen molar-refractivity contribution < 1.29 is 19.0 Å². The summed E-state index contributed by atoms with van der Waals surface area (Å²) in [4.78, 5) is 12.9. The number of hydrogen-bond donors (Lipinski definition) is 1. The normalized spacial score (nSPS) is 19.8. The fraction of sp³-hybridized carbons (Fsp3) is 0.500. The largest absolute Gasteiger partial charge is 0.494 e. The molecule has 6 heteroatoms. The van der Waals surface area contributed by atoms with Crippen LogP contribution in [-0.4, -0.2) is 47.2 Å². The molecule has 4 nitrogen and oxygen atoms in total. The number of methoxy groups -OCH3 is 1. The molecule has 1 aliphatic heterocycles. The highest BCUT2D eigenvalue weighted by atomic mass is 32.2. The lowest BCUT2D eigenvalue weighted by molar-refractivity contribution is -0.138. The van der Waals surface area contributed by atoms with Crippen LogP contribution in [0.25, 0.3) is 0 Å². The van der Waals surface area contributed by atoms with Gasteiger partial charge in [-0.3, -0.25) is 9.69 Å². The summed E-state index contributed by atoms with van der Waals surface area (Å²) in [6, 6.07) is 5.01. The smallest absolute Gasteiger partial charge is 0.304 e. The molecule has 110 valence electrons. The number of ether oxygens (including phenoxy) is 1. The first-order chi connectivity index (χ1) is 9.61. The summed E-state index contributed by atoms with van der Waals surface area (Å²) >= 11 is 1.75. The van der Waals surface area contributed by atoms with E-state index in [1.54, 1.807) is 30.0 Å². The van der Waals surface area contributed by atoms with Crippen LogP contribution in [0.4, 0.5) is 4.39 Å². The molecular weight excluding hydrogens is 281 g/mol. The van der Waals surface area contributed by atoms with Gasteiger partial charge in [-0.25, -0.2) is 4.39 Å². The monoisotopic (exact) mass is 299 g/mol. The fourth-order valence-corrected chi connectivity index (χ4v) is 3.47. The van der Waals surface area contributed by atoms with Crippen molar-refractivity contribution in [1.29, 1.82) is 0 Å². The molecule has 0 radical (unpaired) electrons. The van der Waals surface area contributed by atoms with Gasteiger partial charge in [-0.2, -0.15) is 11.8 Å². The van der Waals surface area contributed by atoms with Gasteiger partial charge in [-0.15, -0.1) is 0 Å². The summed E-state index contributed by atoms with van der Waals surface area (Å²) in [7, 11) is 1.44. The summed E-state index contributed by atoms with van der Waals surface area (Å²) in [5.41, 5.74) is 0.548. The van der Waals surface area contributed by atoms with Crippen molar-refractivity contribution in [2.45, 2.75) is 19.0 Å². The average Bonchev–Trinajstić information content (AvgIpc) is 2.42. The van der Waals surface area contributed by atoms with Gasteiger partial charge in [0.15, 0.2) is 11.6 Å². The minimum absolute atomic E-state index is 0.0446. The summed E-state index contributed by atoms with van der Waals surface area (Å²) < 4.78 is 19.1. The molecule has 1 unspecified atom stereocenters. The number of nitrogens with zero attached hydrogens (tertiary/aromatic N) is 1. The van der Waals surface area contributed by atoms with E-state index in [4.69, 9.17) is 9.84 Å². The topological polar surface area (TPSA) is 49.8 Å². The number of thioether (sulfide) groups is 1. The molecule has 1 aromatic rings. The molecule has 1 heterocycles. The Kier molecular flexibility index (Phi) is 5.25. The highest BCUT2D eigenvalue weighted by Crippen LogP contribution is 2.25. The van der Waals surface area contributed by atoms with Gasteiger partial charge in [0.2, 0.25) is 0 Å². The number of benzene rings is 1. The minimum Gasteiger partial charge on any atom is -0.494 e. The molecule has 1 N–H and O–H groups in total. The van der Waals surface area contributed by atoms with Crippen LogP contribution in [0.5, 0.6) is 5.75 Å². The van der Waals surface area contributed by atoms with Crippen molar-refractivity contribution in [2.75, 3.05) is 25.2 Å². The Morgan fingerprint density at radius 3 is 3.10 bits per heavy atom. The standard InChI is InChI=1S/C14H18FNO3S/c1-19-12-4-2-3-10(14(12)15)8-16-5-6-20-9-11(16)7-13(17)18/h2-4,11H,5-9H2,1H3,(H,17,18). The maximum Gasteiger partial charge on any atom is 0.304 e. The van der Waals surface area contributed by atoms with Crippen LogP contribution in [0.15, 0.2) is 18.2 Å². The SMILES string of the molecule is COc1cccc(CN2CCSCC2CC(=O)O)c1F. The van der Waals surface area contributed by atoms with Crippen molar-refractivity contribution in [2.24, 2.45) is 0 Å². The highest BCUT2D eigenvalue weighted by Gasteiger charge is 2.26. The molecular formula is C14H18FNO3S. The molecule has 0 bridgehead atoms. The van der Waals surface area contributed by atoms with E-state index in [9.17, 15) is 9.18 Å². The molecule has 0 spiro atoms. The number of carbonyl (C=O) groups is 1. The summed E-state index contributed by atoms with van der Waals surface area (Å²) in [6.07, 6.45) is 0.0958. The third kappa shape index (κ3) is 3.64. The summed E-state index contributed by atoms with van der Waals surface area (Å²) in [5.74, 6) is 0.777. The Labute approximate surface area is 121 Å². The Morgan fingerprint density at radius 2 is 2.40 bits per heavy atom. The van der Waals surface area contributed by atoms with E-state index in [1.807, 2.05) is 4.90 Å². The van der Waals surface area contributed by atoms with Crippen LogP contribution in [0.3, 0.4) is 0 Å². The van der Waals surface area contributed by atoms with Crippen molar-refractivity contribution in [3.63, 3.8) is 0 Å². The van der Waals surface area contributed by atoms with Crippen LogP contribution >= 0.6 is 11.8 Å². The van der Waals surface area contributed by atoms with E-state index < -0.39 is 5.97 Å². The van der Waals surface area contributed by atoms with Crippen LogP contribution < -0.4 is 4.74 Å². The van der Waals surface area contributed by atoms with E-state index in [0.29, 0.717) is 12.1 Å². The second-order valence-corrected chi connectivity index (χ2v) is 5.88. The number of halogens is 1. The molecule has 0 saturated carbocycles. The molecule has 20 heavy (non-hydrogen) atoms. The van der Waals surface area contributed by atoms with Crippen molar-refractivity contribution in [3.05, 3.63) is 29.6 Å². The van der Waals surface area contributed by atoms with Gasteiger partial charge < -0.3 is 9.84 Å². The Hall–Kier alpha value is -1.27. The Bertz CT molecular complexity index is 483. The average molecular weight is 299 g/mol. The first kappa shape index (κ1) is 15.1. The van der Waals surface area contributed by atoms with Gasteiger partial charge in [0.05, 0.1) is 13.5 Å². The maximum atomic E-state index is 14.1. The van der Waals surface area contributed by atoms with Crippen LogP contribution in [0.2, 0.25) is 0 Å². The lowest BCUT2D eigenvalue weighted by Gasteiger charge is -2.34. The molecule has 1 fully saturated rings. The quantitative estimate of drug-likeness (QED) is 0.903. The summed E-state index contributed by atoms with van der Waals surface area (Å²) in [5, 5.41) is 8.96. The number of carboxylic acids is 1. The van der Waals surface area contributed by atoms with Crippen LogP contribution in [0, 0.1) is 5.82 Å². The zero-order valence-electron chi connectivity index (χ0n) is 11.3. The third-order valence-corrected chi connectivity index (χ3v) is 4.49. The second-order valence-electron chi connectivity index (χ2n) is 4.73. The molecule has 0 amide bonds. The van der Waals surface area contributed by atoms with Gasteiger partial charge in [-0.1, -0.05) is 12.1 Å². The van der Waals surface area contributed by atoms with E-state index in [0.717, 1.165) is 18.1 Å². The van der Waals surface area contributed by atoms with Gasteiger partial charge >= 0.3 is 5.97 Å². The maximum absolute atomic E-state index is 14.1. The van der Waals surface area contributed by atoms with E-state index >= 15 is 0 Å². The van der Waals surface area contributed by atoms with E-state index in [-0.39, 0.29) is 24.0 Å². The molecule has 1 aliphatic rings. The predicted molar refractivity (Wildman–Crippen MR) is 76.7 cm³/mol. The van der Waals surface area contributed by atoms with Crippen LogP contribution in [0.1, 0.15) is 12.0 Å². The minimum atomic E-state index is -0.811. The first-order valence-corrected chi connectivity index (χ1v) is 7.62. The van der Waals surface area contributed by atoms with Crippen molar-refractivity contribution in [3.8, 4) is 5.75 Å². The summed E-state index contributed by atoms with van der Waals surface area (Å²) in [6.45, 7) is 1.20. The van der Waals surface area contributed by atoms with Gasteiger partial charge in [-0.05, 0) is 6.07 Å². The molecule has 1 aromatic carbocycles. The fourth-order valence-electron chi connectivity index (χ4n) is 2.34. The van der Waals surface area contributed by atoms with E-state index in [2.05, 4.69) is 0 Å². The zero-order chi connectivity index (χ0) is 14.5. The van der Waals surface area contributed by atoms with Gasteiger partial charge in [0, 0.05) is 36.2 Å². The molecule has 0 aromatic heterocycles. The van der Waals surface area contributed by atoms with Crippen molar-refractivity contribution in [1.82, 2.24) is 4.90 Å². The first-order valence-electron chi connectivity index (χ1n) is 6.46. The van der Waals surface area contributed by atoms with Gasteiger partial charge in [0.25, 0.3) is 0 Å². The zero-order valence-corrected chi connectivity index (χ0v) is 12.2. The molecule has 2 rings (SSSR count). The van der Waals surface area contributed by atoms with Crippen molar-refractivity contribution >= 4 is 17.7 Å². The number of hydrogen-bond acceptors (Lipinski definition) is 4. The van der Waals surface area contributed by atoms with Gasteiger partial charge in [0.1, 0.15) is 0 Å². The number of aliphatic carboxylic acids is 1. The van der Waals surface area contributed by atoms with E-state index in [1.165, 1.54) is 7.11 Å². The van der Waals surface area contributed by atoms with Crippen LogP contribution in [-0.2, 0) is 11.3 Å².